The summed E-state index contributed by atoms with van der Waals surface area (Å²) in [4.78, 5) is 30.7. The number of nitrogens with one attached hydrogen (secondary N) is 2. The fraction of sp³-hybridized carbons (Fsp3) is 0.381. The van der Waals surface area contributed by atoms with Crippen LogP contribution >= 0.6 is 0 Å². The van der Waals surface area contributed by atoms with Crippen LogP contribution in [-0.2, 0) is 10.4 Å². The Morgan fingerprint density at radius 3 is 2.79 bits per heavy atom. The number of carbonyl (C=O) groups excluding carboxylic acids is 1. The van der Waals surface area contributed by atoms with E-state index in [1.807, 2.05) is 12.1 Å². The molecule has 0 unspecified atom stereocenters. The molecule has 0 bridgehead atoms. The summed E-state index contributed by atoms with van der Waals surface area (Å²) in [5.74, 6) is 0.565. The number of benzene rings is 1. The van der Waals surface area contributed by atoms with Crippen molar-refractivity contribution in [1.29, 1.82) is 0 Å². The number of pyridine rings is 2. The number of aromatic nitrogens is 2. The zero-order valence-electron chi connectivity index (χ0n) is 15.9. The molecule has 1 atom stereocenters. The number of nitrogens with zero attached hydrogens (tertiary/aromatic N) is 1. The molecule has 0 saturated carbocycles. The van der Waals surface area contributed by atoms with Crippen molar-refractivity contribution in [1.82, 2.24) is 15.3 Å². The molecule has 1 aliphatic rings. The summed E-state index contributed by atoms with van der Waals surface area (Å²) in [5, 5.41) is 16.2. The van der Waals surface area contributed by atoms with E-state index in [4.69, 9.17) is 4.74 Å². The molecule has 7 nitrogen and oxygen atoms in total. The summed E-state index contributed by atoms with van der Waals surface area (Å²) in [6.45, 7) is 3.80. The number of ether oxygens (including phenoxy) is 1. The van der Waals surface area contributed by atoms with Gasteiger partial charge in [-0.25, -0.2) is 4.98 Å². The Morgan fingerprint density at radius 1 is 1.25 bits per heavy atom. The SMILES string of the molecule is CC(C)(O)c1c[nH]c(=O)c2cc3ccnc(OCC[C@@H]4CCC(=O)N4)c3cc12. The molecule has 3 N–H and O–H groups in total. The summed E-state index contributed by atoms with van der Waals surface area (Å²) in [6, 6.07) is 5.62. The first-order valence-corrected chi connectivity index (χ1v) is 9.42. The number of amides is 1. The van der Waals surface area contributed by atoms with E-state index in [-0.39, 0.29) is 17.5 Å². The lowest BCUT2D eigenvalue weighted by molar-refractivity contribution is -0.119. The third-order valence-corrected chi connectivity index (χ3v) is 5.20. The molecule has 1 aromatic carbocycles. The molecule has 1 fully saturated rings. The van der Waals surface area contributed by atoms with Gasteiger partial charge in [-0.15, -0.1) is 0 Å². The Balaban J connectivity index is 1.72. The van der Waals surface area contributed by atoms with Gasteiger partial charge < -0.3 is 20.1 Å². The number of hydrogen-bond donors (Lipinski definition) is 3. The Labute approximate surface area is 161 Å². The number of carbonyl (C=O) groups is 1. The molecule has 3 heterocycles. The number of fused-ring (bicyclic) bond motifs is 2. The van der Waals surface area contributed by atoms with Crippen LogP contribution in [0, 0.1) is 0 Å². The van der Waals surface area contributed by atoms with Crippen molar-refractivity contribution in [2.75, 3.05) is 6.61 Å². The van der Waals surface area contributed by atoms with Crippen molar-refractivity contribution in [3.8, 4) is 5.88 Å². The van der Waals surface area contributed by atoms with Crippen molar-refractivity contribution in [3.63, 3.8) is 0 Å². The lowest BCUT2D eigenvalue weighted by Gasteiger charge is -2.20. The highest BCUT2D eigenvalue weighted by Crippen LogP contribution is 2.32. The molecular weight excluding hydrogens is 358 g/mol. The van der Waals surface area contributed by atoms with Crippen molar-refractivity contribution >= 4 is 27.5 Å². The van der Waals surface area contributed by atoms with Gasteiger partial charge in [0.2, 0.25) is 11.8 Å². The lowest BCUT2D eigenvalue weighted by Crippen LogP contribution is -2.26. The minimum atomic E-state index is -1.11. The molecule has 0 aliphatic carbocycles. The molecule has 28 heavy (non-hydrogen) atoms. The number of H-pyrrole nitrogens is 1. The summed E-state index contributed by atoms with van der Waals surface area (Å²) < 4.78 is 5.91. The van der Waals surface area contributed by atoms with Gasteiger partial charge >= 0.3 is 0 Å². The Hall–Kier alpha value is -2.93. The monoisotopic (exact) mass is 381 g/mol. The molecule has 2 aromatic heterocycles. The van der Waals surface area contributed by atoms with Gasteiger partial charge in [0, 0.05) is 47.6 Å². The van der Waals surface area contributed by atoms with Crippen molar-refractivity contribution in [2.24, 2.45) is 0 Å². The van der Waals surface area contributed by atoms with Gasteiger partial charge in [-0.2, -0.15) is 0 Å². The first-order chi connectivity index (χ1) is 13.3. The fourth-order valence-corrected chi connectivity index (χ4v) is 3.71. The van der Waals surface area contributed by atoms with E-state index in [1.165, 1.54) is 0 Å². The molecule has 0 radical (unpaired) electrons. The van der Waals surface area contributed by atoms with Crippen LogP contribution in [0.2, 0.25) is 0 Å². The normalized spacial score (nSPS) is 17.2. The molecule has 3 aromatic rings. The minimum absolute atomic E-state index is 0.0872. The van der Waals surface area contributed by atoms with E-state index in [9.17, 15) is 14.7 Å². The summed E-state index contributed by atoms with van der Waals surface area (Å²) in [5.41, 5.74) is -0.686. The van der Waals surface area contributed by atoms with E-state index in [1.54, 1.807) is 32.3 Å². The van der Waals surface area contributed by atoms with Gasteiger partial charge in [0.1, 0.15) is 0 Å². The zero-order chi connectivity index (χ0) is 19.9. The zero-order valence-corrected chi connectivity index (χ0v) is 15.9. The lowest BCUT2D eigenvalue weighted by atomic mass is 9.93. The molecule has 146 valence electrons. The Kier molecular flexibility index (Phi) is 4.55. The number of aliphatic hydroxyl groups is 1. The van der Waals surface area contributed by atoms with Crippen LogP contribution in [0.15, 0.2) is 35.4 Å². The van der Waals surface area contributed by atoms with E-state index >= 15 is 0 Å². The van der Waals surface area contributed by atoms with Crippen LogP contribution in [-0.4, -0.2) is 33.6 Å². The van der Waals surface area contributed by atoms with Crippen LogP contribution in [0.1, 0.15) is 38.7 Å². The maximum absolute atomic E-state index is 12.3. The molecule has 1 aliphatic heterocycles. The molecular formula is C21H23N3O4. The smallest absolute Gasteiger partial charge is 0.255 e. The van der Waals surface area contributed by atoms with Crippen LogP contribution < -0.4 is 15.6 Å². The van der Waals surface area contributed by atoms with Crippen molar-refractivity contribution in [3.05, 3.63) is 46.5 Å². The Bertz CT molecular complexity index is 1110. The predicted octanol–water partition coefficient (Wildman–Crippen LogP) is 2.35. The van der Waals surface area contributed by atoms with Gasteiger partial charge in [-0.05, 0) is 49.2 Å². The van der Waals surface area contributed by atoms with Gasteiger partial charge in [-0.1, -0.05) is 0 Å². The third-order valence-electron chi connectivity index (χ3n) is 5.20. The summed E-state index contributed by atoms with van der Waals surface area (Å²) in [6.07, 6.45) is 5.31. The van der Waals surface area contributed by atoms with E-state index in [0.717, 1.165) is 17.2 Å². The van der Waals surface area contributed by atoms with Crippen molar-refractivity contribution in [2.45, 2.75) is 44.8 Å². The average molecular weight is 381 g/mol. The summed E-state index contributed by atoms with van der Waals surface area (Å²) in [7, 11) is 0. The first kappa shape index (κ1) is 18.4. The average Bonchev–Trinajstić information content (AvgIpc) is 3.05. The van der Waals surface area contributed by atoms with Gasteiger partial charge in [-0.3, -0.25) is 9.59 Å². The second-order valence-electron chi connectivity index (χ2n) is 7.77. The largest absolute Gasteiger partial charge is 0.477 e. The second-order valence-corrected chi connectivity index (χ2v) is 7.77. The van der Waals surface area contributed by atoms with Gasteiger partial charge in [0.25, 0.3) is 5.56 Å². The highest BCUT2D eigenvalue weighted by atomic mass is 16.5. The second kappa shape index (κ2) is 6.91. The van der Waals surface area contributed by atoms with Crippen LogP contribution in [0.25, 0.3) is 21.5 Å². The molecule has 0 spiro atoms. The first-order valence-electron chi connectivity index (χ1n) is 9.42. The quantitative estimate of drug-likeness (QED) is 0.589. The topological polar surface area (TPSA) is 104 Å². The molecule has 1 saturated heterocycles. The predicted molar refractivity (Wildman–Crippen MR) is 106 cm³/mol. The van der Waals surface area contributed by atoms with Gasteiger partial charge in [0.15, 0.2) is 0 Å². The maximum atomic E-state index is 12.3. The number of aromatic amines is 1. The maximum Gasteiger partial charge on any atom is 0.255 e. The standard InChI is InChI=1S/C21H23N3O4/c1-21(2,27)17-11-23-19(26)16-9-12-5-7-22-20(14(12)10-15(16)17)28-8-6-13-3-4-18(25)24-13/h5,7,9-11,13,27H,3-4,6,8H2,1-2H3,(H,23,26)(H,24,25)/t13-/m0/s1. The number of hydrogen-bond acceptors (Lipinski definition) is 5. The molecule has 1 amide bonds. The minimum Gasteiger partial charge on any atom is -0.477 e. The van der Waals surface area contributed by atoms with E-state index in [0.29, 0.717) is 41.7 Å². The van der Waals surface area contributed by atoms with E-state index in [2.05, 4.69) is 15.3 Å². The van der Waals surface area contributed by atoms with Crippen LogP contribution in [0.3, 0.4) is 0 Å². The fourth-order valence-electron chi connectivity index (χ4n) is 3.71. The van der Waals surface area contributed by atoms with E-state index < -0.39 is 5.60 Å². The molecule has 4 rings (SSSR count). The summed E-state index contributed by atoms with van der Waals surface area (Å²) >= 11 is 0. The third kappa shape index (κ3) is 3.45. The van der Waals surface area contributed by atoms with Crippen molar-refractivity contribution < 1.29 is 14.6 Å². The van der Waals surface area contributed by atoms with Crippen LogP contribution in [0.4, 0.5) is 0 Å². The van der Waals surface area contributed by atoms with Crippen LogP contribution in [0.5, 0.6) is 5.88 Å². The molecule has 7 heteroatoms. The highest BCUT2D eigenvalue weighted by molar-refractivity contribution is 6.01. The number of rotatable bonds is 5. The highest BCUT2D eigenvalue weighted by Gasteiger charge is 2.22. The van der Waals surface area contributed by atoms with Gasteiger partial charge in [0.05, 0.1) is 12.2 Å². The Morgan fingerprint density at radius 2 is 2.07 bits per heavy atom.